The summed E-state index contributed by atoms with van der Waals surface area (Å²) in [5, 5.41) is 8.77. The Balaban J connectivity index is 1.62. The monoisotopic (exact) mass is 447 g/mol. The van der Waals surface area contributed by atoms with Crippen LogP contribution in [0.3, 0.4) is 0 Å². The first kappa shape index (κ1) is 23.6. The number of benzene rings is 2. The Morgan fingerprint density at radius 3 is 2.41 bits per heavy atom. The topological polar surface area (TPSA) is 68.6 Å². The van der Waals surface area contributed by atoms with Crippen LogP contribution in [0.25, 0.3) is 0 Å². The summed E-state index contributed by atoms with van der Waals surface area (Å²) in [4.78, 5) is 12.2. The second-order valence-corrected chi connectivity index (χ2v) is 7.71. The van der Waals surface area contributed by atoms with Gasteiger partial charge in [0, 0.05) is 12.7 Å². The summed E-state index contributed by atoms with van der Waals surface area (Å²) in [6, 6.07) is 7.87. The number of esters is 1. The van der Waals surface area contributed by atoms with Crippen molar-refractivity contribution < 1.29 is 32.2 Å². The second-order valence-electron chi connectivity index (χ2n) is 7.71. The van der Waals surface area contributed by atoms with Crippen LogP contribution in [0.5, 0.6) is 11.5 Å². The van der Waals surface area contributed by atoms with E-state index in [1.54, 1.807) is 0 Å². The van der Waals surface area contributed by atoms with Gasteiger partial charge < -0.3 is 14.2 Å². The maximum absolute atomic E-state index is 14.5. The van der Waals surface area contributed by atoms with Gasteiger partial charge in [-0.15, -0.1) is 0 Å². The largest absolute Gasteiger partial charge is 0.490 e. The average molecular weight is 447 g/mol. The molecule has 1 aliphatic carbocycles. The van der Waals surface area contributed by atoms with Gasteiger partial charge in [0.2, 0.25) is 5.82 Å². The number of hydrogen-bond acceptors (Lipinski definition) is 5. The van der Waals surface area contributed by atoms with E-state index in [2.05, 4.69) is 0 Å². The van der Waals surface area contributed by atoms with Crippen molar-refractivity contribution in [1.82, 2.24) is 0 Å². The third kappa shape index (κ3) is 5.80. The minimum atomic E-state index is -1.67. The van der Waals surface area contributed by atoms with E-state index in [4.69, 9.17) is 19.5 Å². The lowest BCUT2D eigenvalue weighted by Crippen LogP contribution is -2.25. The molecule has 2 aromatic carbocycles. The molecule has 0 atom stereocenters. The maximum Gasteiger partial charge on any atom is 0.349 e. The molecule has 0 aliphatic heterocycles. The minimum absolute atomic E-state index is 0.0351. The molecule has 1 fully saturated rings. The normalized spacial score (nSPS) is 18.1. The third-order valence-electron chi connectivity index (χ3n) is 5.35. The molecule has 3 rings (SSSR count). The highest BCUT2D eigenvalue weighted by molar-refractivity contribution is 5.92. The van der Waals surface area contributed by atoms with Crippen molar-refractivity contribution in [2.45, 2.75) is 45.1 Å². The van der Waals surface area contributed by atoms with E-state index in [-0.39, 0.29) is 24.4 Å². The van der Waals surface area contributed by atoms with Crippen LogP contribution in [-0.4, -0.2) is 25.3 Å². The number of carbonyl (C=O) groups is 1. The number of hydrogen-bond donors (Lipinski definition) is 0. The fraction of sp³-hybridized carbons (Fsp3) is 0.417. The Labute approximate surface area is 184 Å². The van der Waals surface area contributed by atoms with Crippen LogP contribution < -0.4 is 9.47 Å². The Kier molecular flexibility index (Phi) is 8.12. The standard InChI is InChI=1S/C24H24F3NO4/c1-2-11-30-17-7-5-16(6-8-17)14-31-20-12-19(25)21(23(27)22(20)26)24(29)32-18-9-3-15(13-28)4-10-18/h3-4,9-10,12,16-17H,2,5-8,11,14H2,1H3. The zero-order valence-electron chi connectivity index (χ0n) is 17.7. The zero-order valence-corrected chi connectivity index (χ0v) is 17.7. The minimum Gasteiger partial charge on any atom is -0.490 e. The molecule has 0 heterocycles. The van der Waals surface area contributed by atoms with Crippen LogP contribution in [0, 0.1) is 34.7 Å². The maximum atomic E-state index is 14.5. The Morgan fingerprint density at radius 1 is 1.09 bits per heavy atom. The SMILES string of the molecule is CCCOC1CCC(COc2cc(F)c(C(=O)Oc3ccc(C#N)cc3)c(F)c2F)CC1. The lowest BCUT2D eigenvalue weighted by Gasteiger charge is -2.28. The van der Waals surface area contributed by atoms with Crippen molar-refractivity contribution in [3.05, 3.63) is 58.9 Å². The average Bonchev–Trinajstić information content (AvgIpc) is 2.80. The van der Waals surface area contributed by atoms with Gasteiger partial charge in [0.15, 0.2) is 11.6 Å². The first-order valence-electron chi connectivity index (χ1n) is 10.6. The fourth-order valence-electron chi connectivity index (χ4n) is 3.58. The van der Waals surface area contributed by atoms with Gasteiger partial charge in [-0.25, -0.2) is 13.6 Å². The van der Waals surface area contributed by atoms with E-state index in [9.17, 15) is 18.0 Å². The number of rotatable bonds is 8. The van der Waals surface area contributed by atoms with Gasteiger partial charge in [0.1, 0.15) is 17.1 Å². The first-order valence-corrected chi connectivity index (χ1v) is 10.6. The number of ether oxygens (including phenoxy) is 3. The molecule has 1 saturated carbocycles. The highest BCUT2D eigenvalue weighted by atomic mass is 19.2. The van der Waals surface area contributed by atoms with Crippen LogP contribution >= 0.6 is 0 Å². The van der Waals surface area contributed by atoms with Gasteiger partial charge in [0.25, 0.3) is 0 Å². The Morgan fingerprint density at radius 2 is 1.78 bits per heavy atom. The van der Waals surface area contributed by atoms with Gasteiger partial charge >= 0.3 is 5.97 Å². The molecule has 0 radical (unpaired) electrons. The van der Waals surface area contributed by atoms with Crippen molar-refractivity contribution in [2.75, 3.05) is 13.2 Å². The van der Waals surface area contributed by atoms with Crippen LogP contribution in [0.2, 0.25) is 0 Å². The summed E-state index contributed by atoms with van der Waals surface area (Å²) in [6.07, 6.45) is 4.51. The quantitative estimate of drug-likeness (QED) is 0.301. The number of carbonyl (C=O) groups excluding carboxylic acids is 1. The summed E-state index contributed by atoms with van der Waals surface area (Å²) in [5.74, 6) is -6.28. The lowest BCUT2D eigenvalue weighted by molar-refractivity contribution is 0.0130. The van der Waals surface area contributed by atoms with E-state index in [1.807, 2.05) is 13.0 Å². The summed E-state index contributed by atoms with van der Waals surface area (Å²) in [6.45, 7) is 2.88. The molecule has 0 aromatic heterocycles. The highest BCUT2D eigenvalue weighted by Gasteiger charge is 2.28. The lowest BCUT2D eigenvalue weighted by atomic mass is 9.88. The van der Waals surface area contributed by atoms with E-state index >= 15 is 0 Å². The molecule has 0 spiro atoms. The molecule has 0 bridgehead atoms. The summed E-state index contributed by atoms with van der Waals surface area (Å²) in [7, 11) is 0. The van der Waals surface area contributed by atoms with E-state index in [0.717, 1.165) is 38.7 Å². The molecule has 0 saturated heterocycles. The molecular weight excluding hydrogens is 423 g/mol. The third-order valence-corrected chi connectivity index (χ3v) is 5.35. The molecule has 1 aliphatic rings. The summed E-state index contributed by atoms with van der Waals surface area (Å²) >= 11 is 0. The molecule has 8 heteroatoms. The fourth-order valence-corrected chi connectivity index (χ4v) is 3.58. The van der Waals surface area contributed by atoms with E-state index < -0.39 is 34.7 Å². The molecule has 5 nitrogen and oxygen atoms in total. The zero-order chi connectivity index (χ0) is 23.1. The van der Waals surface area contributed by atoms with Crippen LogP contribution in [-0.2, 0) is 4.74 Å². The number of nitriles is 1. The van der Waals surface area contributed by atoms with Gasteiger partial charge in [-0.05, 0) is 62.3 Å². The van der Waals surface area contributed by atoms with Crippen LogP contribution in [0.1, 0.15) is 54.9 Å². The number of nitrogens with zero attached hydrogens (tertiary/aromatic N) is 1. The van der Waals surface area contributed by atoms with Gasteiger partial charge in [-0.3, -0.25) is 0 Å². The molecule has 0 unspecified atom stereocenters. The van der Waals surface area contributed by atoms with Gasteiger partial charge in [0.05, 0.1) is 24.3 Å². The molecule has 32 heavy (non-hydrogen) atoms. The van der Waals surface area contributed by atoms with Crippen molar-refractivity contribution in [1.29, 1.82) is 5.26 Å². The molecular formula is C24H24F3NO4. The van der Waals surface area contributed by atoms with Gasteiger partial charge in [-0.1, -0.05) is 6.92 Å². The molecule has 0 amide bonds. The van der Waals surface area contributed by atoms with Crippen LogP contribution in [0.4, 0.5) is 13.2 Å². The second kappa shape index (κ2) is 11.0. The smallest absolute Gasteiger partial charge is 0.349 e. The first-order chi connectivity index (χ1) is 15.4. The molecule has 170 valence electrons. The summed E-state index contributed by atoms with van der Waals surface area (Å²) < 4.78 is 59.4. The molecule has 0 N–H and O–H groups in total. The number of halogens is 3. The molecule has 2 aromatic rings. The van der Waals surface area contributed by atoms with E-state index in [0.29, 0.717) is 11.6 Å². The summed E-state index contributed by atoms with van der Waals surface area (Å²) in [5.41, 5.74) is -0.829. The Hall–Kier alpha value is -3.05. The van der Waals surface area contributed by atoms with Crippen LogP contribution in [0.15, 0.2) is 30.3 Å². The highest BCUT2D eigenvalue weighted by Crippen LogP contribution is 2.30. The van der Waals surface area contributed by atoms with Crippen molar-refractivity contribution >= 4 is 5.97 Å². The van der Waals surface area contributed by atoms with Crippen molar-refractivity contribution in [2.24, 2.45) is 5.92 Å². The Bertz CT molecular complexity index is 980. The predicted octanol–water partition coefficient (Wildman–Crippen LogP) is 5.56. The van der Waals surface area contributed by atoms with E-state index in [1.165, 1.54) is 24.3 Å². The van der Waals surface area contributed by atoms with Gasteiger partial charge in [-0.2, -0.15) is 9.65 Å². The van der Waals surface area contributed by atoms with Crippen molar-refractivity contribution in [3.8, 4) is 17.6 Å². The van der Waals surface area contributed by atoms with Crippen molar-refractivity contribution in [3.63, 3.8) is 0 Å². The predicted molar refractivity (Wildman–Crippen MR) is 110 cm³/mol.